The molecule has 0 saturated carbocycles. The quantitative estimate of drug-likeness (QED) is 0.541. The normalized spacial score (nSPS) is 9.69. The van der Waals surface area contributed by atoms with E-state index in [2.05, 4.69) is 6.07 Å². The van der Waals surface area contributed by atoms with Gasteiger partial charge in [0.1, 0.15) is 5.84 Å². The molecule has 0 aliphatic rings. The molecule has 0 aromatic heterocycles. The van der Waals surface area contributed by atoms with Crippen LogP contribution in [-0.2, 0) is 0 Å². The highest BCUT2D eigenvalue weighted by Gasteiger charge is 2.00. The minimum atomic E-state index is 0.184. The lowest BCUT2D eigenvalue weighted by Crippen LogP contribution is -2.29. The minimum Gasteiger partial charge on any atom is -0.386 e. The number of nitrogens with two attached hydrogens (primary N) is 1. The Balaban J connectivity index is 2.76. The third-order valence-electron chi connectivity index (χ3n) is 1.85. The molecule has 13 heavy (non-hydrogen) atoms. The molecule has 1 aromatic rings. The van der Waals surface area contributed by atoms with E-state index >= 15 is 0 Å². The van der Waals surface area contributed by atoms with E-state index in [9.17, 15) is 0 Å². The van der Waals surface area contributed by atoms with E-state index in [0.717, 1.165) is 5.69 Å². The van der Waals surface area contributed by atoms with Crippen molar-refractivity contribution in [1.29, 1.82) is 5.41 Å². The van der Waals surface area contributed by atoms with Crippen LogP contribution >= 0.6 is 0 Å². The van der Waals surface area contributed by atoms with Gasteiger partial charge in [-0.1, -0.05) is 12.1 Å². The number of aryl methyl sites for hydroxylation is 1. The van der Waals surface area contributed by atoms with Crippen LogP contribution in [0.1, 0.15) is 5.56 Å². The Labute approximate surface area is 78.7 Å². The van der Waals surface area contributed by atoms with E-state index in [1.165, 1.54) is 5.56 Å². The Kier molecular flexibility index (Phi) is 2.90. The Hall–Kier alpha value is -1.51. The Morgan fingerprint density at radius 3 is 2.77 bits per heavy atom. The van der Waals surface area contributed by atoms with E-state index in [1.807, 2.05) is 37.1 Å². The topological polar surface area (TPSA) is 53.1 Å². The van der Waals surface area contributed by atoms with Gasteiger partial charge in [-0.3, -0.25) is 5.41 Å². The average Bonchev–Trinajstić information content (AvgIpc) is 2.03. The van der Waals surface area contributed by atoms with Gasteiger partial charge in [-0.05, 0) is 24.6 Å². The van der Waals surface area contributed by atoms with E-state index in [1.54, 1.807) is 0 Å². The Morgan fingerprint density at radius 1 is 1.54 bits per heavy atom. The van der Waals surface area contributed by atoms with Gasteiger partial charge < -0.3 is 10.6 Å². The zero-order valence-electron chi connectivity index (χ0n) is 8.04. The molecule has 70 valence electrons. The lowest BCUT2D eigenvalue weighted by molar-refractivity contribution is 1.04. The molecule has 1 rings (SSSR count). The van der Waals surface area contributed by atoms with E-state index in [-0.39, 0.29) is 5.84 Å². The van der Waals surface area contributed by atoms with E-state index in [0.29, 0.717) is 6.54 Å². The van der Waals surface area contributed by atoms with Crippen LogP contribution in [0.4, 0.5) is 5.69 Å². The highest BCUT2D eigenvalue weighted by Crippen LogP contribution is 2.13. The summed E-state index contributed by atoms with van der Waals surface area (Å²) in [6.45, 7) is 2.52. The number of likely N-dealkylation sites (N-methyl/N-ethyl adjacent to an activating group) is 1. The number of rotatable bonds is 3. The molecule has 0 radical (unpaired) electrons. The van der Waals surface area contributed by atoms with Crippen LogP contribution in [0.25, 0.3) is 0 Å². The second kappa shape index (κ2) is 3.94. The molecule has 0 spiro atoms. The molecule has 3 N–H and O–H groups in total. The lowest BCUT2D eigenvalue weighted by atomic mass is 10.2. The van der Waals surface area contributed by atoms with Crippen LogP contribution in [-0.4, -0.2) is 19.4 Å². The first kappa shape index (κ1) is 9.58. The number of hydrogen-bond acceptors (Lipinski definition) is 2. The first-order chi connectivity index (χ1) is 6.09. The zero-order chi connectivity index (χ0) is 9.84. The summed E-state index contributed by atoms with van der Waals surface area (Å²) in [7, 11) is 1.93. The van der Waals surface area contributed by atoms with Gasteiger partial charge in [-0.15, -0.1) is 0 Å². The summed E-state index contributed by atoms with van der Waals surface area (Å²) in [6, 6.07) is 8.13. The molecule has 0 fully saturated rings. The highest BCUT2D eigenvalue weighted by atomic mass is 15.1. The van der Waals surface area contributed by atoms with Gasteiger partial charge >= 0.3 is 0 Å². The zero-order valence-corrected chi connectivity index (χ0v) is 8.04. The van der Waals surface area contributed by atoms with Crippen LogP contribution < -0.4 is 10.6 Å². The highest BCUT2D eigenvalue weighted by molar-refractivity contribution is 5.82. The van der Waals surface area contributed by atoms with Gasteiger partial charge in [-0.2, -0.15) is 0 Å². The molecular formula is C10H15N3. The Bertz CT molecular complexity index is 307. The van der Waals surface area contributed by atoms with Crippen molar-refractivity contribution in [2.75, 3.05) is 18.5 Å². The van der Waals surface area contributed by atoms with Crippen LogP contribution in [0.5, 0.6) is 0 Å². The number of anilines is 1. The SMILES string of the molecule is Cc1cccc(N(C)CC(=N)N)c1. The number of nitrogens with one attached hydrogen (secondary N) is 1. The summed E-state index contributed by atoms with van der Waals surface area (Å²) in [5, 5.41) is 7.16. The molecule has 0 atom stereocenters. The Morgan fingerprint density at radius 2 is 2.23 bits per heavy atom. The minimum absolute atomic E-state index is 0.184. The van der Waals surface area contributed by atoms with Crippen molar-refractivity contribution in [3.8, 4) is 0 Å². The summed E-state index contributed by atoms with van der Waals surface area (Å²) >= 11 is 0. The van der Waals surface area contributed by atoms with Gasteiger partial charge in [-0.25, -0.2) is 0 Å². The summed E-state index contributed by atoms with van der Waals surface area (Å²) in [6.07, 6.45) is 0. The van der Waals surface area contributed by atoms with Crippen molar-refractivity contribution in [2.24, 2.45) is 5.73 Å². The molecule has 3 heteroatoms. The monoisotopic (exact) mass is 177 g/mol. The molecule has 0 bridgehead atoms. The standard InChI is InChI=1S/C10H15N3/c1-8-4-3-5-9(6-8)13(2)7-10(11)12/h3-6H,7H2,1-2H3,(H3,11,12). The van der Waals surface area contributed by atoms with E-state index < -0.39 is 0 Å². The largest absolute Gasteiger partial charge is 0.386 e. The number of benzene rings is 1. The van der Waals surface area contributed by atoms with Crippen molar-refractivity contribution < 1.29 is 0 Å². The number of hydrogen-bond donors (Lipinski definition) is 2. The molecule has 0 amide bonds. The summed E-state index contributed by atoms with van der Waals surface area (Å²) in [5.41, 5.74) is 7.62. The smallest absolute Gasteiger partial charge is 0.110 e. The average molecular weight is 177 g/mol. The maximum Gasteiger partial charge on any atom is 0.110 e. The van der Waals surface area contributed by atoms with Gasteiger partial charge in [0, 0.05) is 12.7 Å². The molecule has 0 aliphatic carbocycles. The van der Waals surface area contributed by atoms with Gasteiger partial charge in [0.2, 0.25) is 0 Å². The van der Waals surface area contributed by atoms with Gasteiger partial charge in [0.15, 0.2) is 0 Å². The first-order valence-electron chi connectivity index (χ1n) is 4.20. The van der Waals surface area contributed by atoms with Crippen LogP contribution in [0.2, 0.25) is 0 Å². The predicted octanol–water partition coefficient (Wildman–Crippen LogP) is 1.37. The van der Waals surface area contributed by atoms with Crippen LogP contribution in [0, 0.1) is 12.3 Å². The molecule has 1 aromatic carbocycles. The fraction of sp³-hybridized carbons (Fsp3) is 0.300. The molecular weight excluding hydrogens is 162 g/mol. The van der Waals surface area contributed by atoms with Crippen molar-refractivity contribution in [2.45, 2.75) is 6.92 Å². The third-order valence-corrected chi connectivity index (χ3v) is 1.85. The number of nitrogens with zero attached hydrogens (tertiary/aromatic N) is 1. The molecule has 0 heterocycles. The van der Waals surface area contributed by atoms with Crippen molar-refractivity contribution >= 4 is 11.5 Å². The molecule has 0 aliphatic heterocycles. The molecule has 0 unspecified atom stereocenters. The lowest BCUT2D eigenvalue weighted by Gasteiger charge is -2.18. The van der Waals surface area contributed by atoms with Gasteiger partial charge in [0.05, 0.1) is 6.54 Å². The fourth-order valence-electron chi connectivity index (χ4n) is 1.21. The summed E-state index contributed by atoms with van der Waals surface area (Å²) < 4.78 is 0. The molecule has 3 nitrogen and oxygen atoms in total. The second-order valence-corrected chi connectivity index (χ2v) is 3.22. The fourth-order valence-corrected chi connectivity index (χ4v) is 1.21. The predicted molar refractivity (Wildman–Crippen MR) is 56.4 cm³/mol. The van der Waals surface area contributed by atoms with Crippen LogP contribution in [0.15, 0.2) is 24.3 Å². The molecule has 0 saturated heterocycles. The number of amidine groups is 1. The second-order valence-electron chi connectivity index (χ2n) is 3.22. The van der Waals surface area contributed by atoms with E-state index in [4.69, 9.17) is 11.1 Å². The third kappa shape index (κ3) is 2.78. The van der Waals surface area contributed by atoms with Crippen molar-refractivity contribution in [3.63, 3.8) is 0 Å². The maximum absolute atomic E-state index is 7.16. The van der Waals surface area contributed by atoms with Crippen LogP contribution in [0.3, 0.4) is 0 Å². The summed E-state index contributed by atoms with van der Waals surface area (Å²) in [4.78, 5) is 1.95. The van der Waals surface area contributed by atoms with Crippen molar-refractivity contribution in [3.05, 3.63) is 29.8 Å². The maximum atomic E-state index is 7.16. The summed E-state index contributed by atoms with van der Waals surface area (Å²) in [5.74, 6) is 0.184. The van der Waals surface area contributed by atoms with Gasteiger partial charge in [0.25, 0.3) is 0 Å². The first-order valence-corrected chi connectivity index (χ1v) is 4.20. The van der Waals surface area contributed by atoms with Crippen molar-refractivity contribution in [1.82, 2.24) is 0 Å².